The normalized spacial score (nSPS) is 14.1. The number of anilines is 5. The van der Waals surface area contributed by atoms with Crippen LogP contribution in [0.1, 0.15) is 61.0 Å². The minimum absolute atomic E-state index is 0.00433. The third kappa shape index (κ3) is 11.2. The Bertz CT molecular complexity index is 2250. The van der Waals surface area contributed by atoms with Crippen LogP contribution in [0.25, 0.3) is 0 Å². The predicted octanol–water partition coefficient (Wildman–Crippen LogP) is 4.07. The lowest BCUT2D eigenvalue weighted by molar-refractivity contribution is -0.132. The Morgan fingerprint density at radius 1 is 0.951 bits per heavy atom. The van der Waals surface area contributed by atoms with E-state index in [1.54, 1.807) is 25.1 Å². The first-order valence-electron chi connectivity index (χ1n) is 19.7. The number of aromatic nitrogens is 3. The van der Waals surface area contributed by atoms with Crippen LogP contribution in [0.4, 0.5) is 28.1 Å². The molecule has 0 spiro atoms. The standard InChI is InChI=1S/C41H47ClN10O8S/c1-25-6-4-8-29(42)37(25)49-38(56)31-23-45-41(61-31)48-32-22-33(47-26(2)46-32)50-14-16-51(17-15-50)35(55)12-18-59-20-21-60-19-13-44-30-9-5-7-28-36(30)40(58)52(39(28)57)27(24-53)10-11-34(54)43-3/h4-9,22-24,27,44H,10-21H2,1-3H3,(H,43,54)(H,49,56)(H,45,46,47,48). The number of hydrogen-bond acceptors (Lipinski definition) is 15. The average Bonchev–Trinajstić information content (AvgIpc) is 3.83. The number of fused-ring (bicyclic) bond motifs is 1. The summed E-state index contributed by atoms with van der Waals surface area (Å²) in [5, 5.41) is 12.6. The third-order valence-electron chi connectivity index (χ3n) is 9.98. The summed E-state index contributed by atoms with van der Waals surface area (Å²) in [6.07, 6.45) is 2.26. The number of aldehydes is 1. The zero-order valence-electron chi connectivity index (χ0n) is 34.0. The predicted molar refractivity (Wildman–Crippen MR) is 230 cm³/mol. The Morgan fingerprint density at radius 2 is 1.70 bits per heavy atom. The molecule has 0 aliphatic carbocycles. The quantitative estimate of drug-likeness (QED) is 0.0560. The molecule has 5 amide bonds. The number of carbonyl (C=O) groups excluding carboxylic acids is 6. The van der Waals surface area contributed by atoms with E-state index in [4.69, 9.17) is 21.1 Å². The van der Waals surface area contributed by atoms with Gasteiger partial charge in [0, 0.05) is 57.9 Å². The first kappa shape index (κ1) is 44.5. The molecule has 1 atom stereocenters. The van der Waals surface area contributed by atoms with Gasteiger partial charge in [-0.2, -0.15) is 0 Å². The van der Waals surface area contributed by atoms with Crippen LogP contribution in [0, 0.1) is 13.8 Å². The molecular weight excluding hydrogens is 828 g/mol. The van der Waals surface area contributed by atoms with E-state index in [0.29, 0.717) is 82.9 Å². The monoisotopic (exact) mass is 874 g/mol. The zero-order valence-corrected chi connectivity index (χ0v) is 35.6. The summed E-state index contributed by atoms with van der Waals surface area (Å²) < 4.78 is 11.3. The summed E-state index contributed by atoms with van der Waals surface area (Å²) in [5.41, 5.74) is 2.22. The number of nitrogens with one attached hydrogen (secondary N) is 4. The molecule has 2 aliphatic rings. The Kier molecular flexibility index (Phi) is 15.3. The maximum Gasteiger partial charge on any atom is 0.267 e. The number of carbonyl (C=O) groups is 6. The summed E-state index contributed by atoms with van der Waals surface area (Å²) in [7, 11) is 1.47. The number of ether oxygens (including phenoxy) is 2. The van der Waals surface area contributed by atoms with Crippen molar-refractivity contribution in [2.24, 2.45) is 0 Å². The van der Waals surface area contributed by atoms with E-state index in [2.05, 4.69) is 41.1 Å². The van der Waals surface area contributed by atoms with Crippen LogP contribution in [-0.4, -0.2) is 133 Å². The van der Waals surface area contributed by atoms with Crippen LogP contribution in [0.3, 0.4) is 0 Å². The summed E-state index contributed by atoms with van der Waals surface area (Å²) in [5.74, 6) is 0.0128. The zero-order chi connectivity index (χ0) is 43.5. The number of halogens is 1. The highest BCUT2D eigenvalue weighted by Crippen LogP contribution is 2.32. The molecular formula is C41H47ClN10O8S. The number of imide groups is 1. The third-order valence-corrected chi connectivity index (χ3v) is 11.2. The second-order valence-electron chi connectivity index (χ2n) is 14.1. The Hall–Kier alpha value is -6.02. The number of piperazine rings is 1. The van der Waals surface area contributed by atoms with E-state index >= 15 is 0 Å². The van der Waals surface area contributed by atoms with Gasteiger partial charge in [-0.3, -0.25) is 28.9 Å². The molecule has 4 heterocycles. The maximum absolute atomic E-state index is 13.2. The summed E-state index contributed by atoms with van der Waals surface area (Å²) in [6, 6.07) is 11.0. The van der Waals surface area contributed by atoms with Crippen molar-refractivity contribution in [3.05, 3.63) is 81.1 Å². The van der Waals surface area contributed by atoms with Gasteiger partial charge in [0.05, 0.1) is 66.9 Å². The van der Waals surface area contributed by atoms with Crippen molar-refractivity contribution in [1.82, 2.24) is 30.1 Å². The highest BCUT2D eigenvalue weighted by Gasteiger charge is 2.41. The highest BCUT2D eigenvalue weighted by atomic mass is 35.5. The number of para-hydroxylation sites is 1. The minimum atomic E-state index is -1.05. The van der Waals surface area contributed by atoms with Crippen LogP contribution < -0.4 is 26.2 Å². The SMILES string of the molecule is CNC(=O)CCC(C=O)N1C(=O)c2cccc(NCCOCCOCCC(=O)N3CCN(c4cc(Nc5ncc(C(=O)Nc6c(C)cccc6Cl)s5)nc(C)n4)CC3)c2C1=O. The number of hydrogen-bond donors (Lipinski definition) is 4. The molecule has 2 aromatic heterocycles. The maximum atomic E-state index is 13.2. The van der Waals surface area contributed by atoms with E-state index < -0.39 is 17.9 Å². The average molecular weight is 875 g/mol. The van der Waals surface area contributed by atoms with Crippen LogP contribution in [-0.2, 0) is 23.9 Å². The molecule has 6 rings (SSSR count). The van der Waals surface area contributed by atoms with Gasteiger partial charge in [-0.1, -0.05) is 41.1 Å². The Labute approximate surface area is 361 Å². The van der Waals surface area contributed by atoms with E-state index in [0.717, 1.165) is 10.5 Å². The van der Waals surface area contributed by atoms with Gasteiger partial charge >= 0.3 is 0 Å². The molecule has 0 saturated carbocycles. The van der Waals surface area contributed by atoms with E-state index in [-0.39, 0.29) is 74.5 Å². The second kappa shape index (κ2) is 21.0. The van der Waals surface area contributed by atoms with E-state index in [1.807, 2.05) is 30.0 Å². The van der Waals surface area contributed by atoms with Crippen LogP contribution in [0.15, 0.2) is 48.7 Å². The smallest absolute Gasteiger partial charge is 0.267 e. The van der Waals surface area contributed by atoms with E-state index in [1.165, 1.54) is 30.6 Å². The summed E-state index contributed by atoms with van der Waals surface area (Å²) in [6.45, 7) is 7.31. The fourth-order valence-electron chi connectivity index (χ4n) is 6.79. The number of aryl methyl sites for hydroxylation is 2. The molecule has 1 unspecified atom stereocenters. The molecule has 0 bridgehead atoms. The molecule has 4 aromatic rings. The van der Waals surface area contributed by atoms with E-state index in [9.17, 15) is 28.8 Å². The second-order valence-corrected chi connectivity index (χ2v) is 15.5. The number of rotatable bonds is 20. The molecule has 0 radical (unpaired) electrons. The van der Waals surface area contributed by atoms with Crippen molar-refractivity contribution in [3.63, 3.8) is 0 Å². The summed E-state index contributed by atoms with van der Waals surface area (Å²) >= 11 is 7.46. The van der Waals surface area contributed by atoms with Gasteiger partial charge in [0.25, 0.3) is 17.7 Å². The van der Waals surface area contributed by atoms with Crippen LogP contribution >= 0.6 is 22.9 Å². The van der Waals surface area contributed by atoms with Gasteiger partial charge in [-0.15, -0.1) is 0 Å². The molecule has 2 aromatic carbocycles. The van der Waals surface area contributed by atoms with Crippen LogP contribution in [0.5, 0.6) is 0 Å². The number of benzene rings is 2. The topological polar surface area (TPSA) is 217 Å². The largest absolute Gasteiger partial charge is 0.382 e. The van der Waals surface area contributed by atoms with Crippen molar-refractivity contribution in [1.29, 1.82) is 0 Å². The number of nitrogens with zero attached hydrogens (tertiary/aromatic N) is 6. The molecule has 1 saturated heterocycles. The molecule has 1 fully saturated rings. The lowest BCUT2D eigenvalue weighted by Crippen LogP contribution is -2.49. The van der Waals surface area contributed by atoms with Gasteiger partial charge in [0.15, 0.2) is 5.13 Å². The molecule has 20 heteroatoms. The number of amides is 5. The lowest BCUT2D eigenvalue weighted by Gasteiger charge is -2.35. The number of thiazole rings is 1. The molecule has 18 nitrogen and oxygen atoms in total. The van der Waals surface area contributed by atoms with Crippen LogP contribution in [0.2, 0.25) is 5.02 Å². The van der Waals surface area contributed by atoms with Gasteiger partial charge in [-0.25, -0.2) is 15.0 Å². The van der Waals surface area contributed by atoms with Crippen molar-refractivity contribution >= 4 is 86.9 Å². The van der Waals surface area contributed by atoms with Crippen molar-refractivity contribution < 1.29 is 38.2 Å². The van der Waals surface area contributed by atoms with Gasteiger partial charge < -0.3 is 45.3 Å². The summed E-state index contributed by atoms with van der Waals surface area (Å²) in [4.78, 5) is 94.3. The minimum Gasteiger partial charge on any atom is -0.382 e. The van der Waals surface area contributed by atoms with Gasteiger partial charge in [0.2, 0.25) is 11.8 Å². The highest BCUT2D eigenvalue weighted by molar-refractivity contribution is 7.17. The lowest BCUT2D eigenvalue weighted by atomic mass is 10.1. The van der Waals surface area contributed by atoms with Crippen molar-refractivity contribution in [2.75, 3.05) is 87.0 Å². The van der Waals surface area contributed by atoms with Gasteiger partial charge in [-0.05, 0) is 44.0 Å². The van der Waals surface area contributed by atoms with Crippen molar-refractivity contribution in [2.45, 2.75) is 39.2 Å². The van der Waals surface area contributed by atoms with Gasteiger partial charge in [0.1, 0.15) is 28.6 Å². The first-order chi connectivity index (χ1) is 29.5. The first-order valence-corrected chi connectivity index (χ1v) is 20.9. The van der Waals surface area contributed by atoms with Crippen molar-refractivity contribution in [3.8, 4) is 0 Å². The fraction of sp³-hybridized carbons (Fsp3) is 0.390. The molecule has 2 aliphatic heterocycles. The Balaban J connectivity index is 0.869. The Morgan fingerprint density at radius 3 is 2.44 bits per heavy atom. The molecule has 322 valence electrons. The molecule has 4 N–H and O–H groups in total. The fourth-order valence-corrected chi connectivity index (χ4v) is 7.77. The molecule has 61 heavy (non-hydrogen) atoms.